The van der Waals surface area contributed by atoms with Crippen molar-refractivity contribution in [3.63, 3.8) is 0 Å². The Balaban J connectivity index is 1.59. The van der Waals surface area contributed by atoms with Gasteiger partial charge < -0.3 is 15.8 Å². The smallest absolute Gasteiger partial charge is 0.193 e. The van der Waals surface area contributed by atoms with Crippen molar-refractivity contribution in [1.29, 1.82) is 0 Å². The summed E-state index contributed by atoms with van der Waals surface area (Å²) in [6.07, 6.45) is 2.54. The molecule has 0 radical (unpaired) electrons. The van der Waals surface area contributed by atoms with Gasteiger partial charge >= 0.3 is 0 Å². The van der Waals surface area contributed by atoms with Crippen LogP contribution in [-0.4, -0.2) is 18.1 Å². The maximum atomic E-state index is 5.90. The third-order valence-corrected chi connectivity index (χ3v) is 4.14. The van der Waals surface area contributed by atoms with E-state index in [0.29, 0.717) is 18.4 Å². The molecule has 1 heterocycles. The van der Waals surface area contributed by atoms with Crippen LogP contribution in [0.1, 0.15) is 29.5 Å². The fraction of sp³-hybridized carbons (Fsp3) is 0.333. The van der Waals surface area contributed by atoms with E-state index in [1.54, 1.807) is 18.4 Å². The molecule has 1 aliphatic rings. The van der Waals surface area contributed by atoms with Crippen molar-refractivity contribution in [2.24, 2.45) is 10.7 Å². The molecule has 5 nitrogen and oxygen atoms in total. The Kier molecular flexibility index (Phi) is 4.06. The van der Waals surface area contributed by atoms with Gasteiger partial charge in [0.2, 0.25) is 0 Å². The number of nitrogens with one attached hydrogen (secondary N) is 1. The van der Waals surface area contributed by atoms with Crippen LogP contribution >= 0.6 is 11.3 Å². The molecule has 0 amide bonds. The van der Waals surface area contributed by atoms with E-state index in [-0.39, 0.29) is 0 Å². The topological polar surface area (TPSA) is 72.5 Å². The minimum absolute atomic E-state index is 0.381. The van der Waals surface area contributed by atoms with Gasteiger partial charge in [-0.25, -0.2) is 9.98 Å². The van der Waals surface area contributed by atoms with Gasteiger partial charge in [0.25, 0.3) is 0 Å². The number of nitrogens with two attached hydrogens (primary N) is 1. The predicted molar refractivity (Wildman–Crippen MR) is 86.0 cm³/mol. The van der Waals surface area contributed by atoms with Gasteiger partial charge in [-0.15, -0.1) is 11.3 Å². The summed E-state index contributed by atoms with van der Waals surface area (Å²) in [5, 5.41) is 6.19. The Labute approximate surface area is 127 Å². The molecule has 6 heteroatoms. The SMILES string of the molecule is COc1cccc(NC(N)=NCc2nc(C3CC3)cs2)c1. The molecule has 1 aliphatic carbocycles. The highest BCUT2D eigenvalue weighted by Gasteiger charge is 2.25. The molecule has 0 unspecified atom stereocenters. The molecule has 3 rings (SSSR count). The van der Waals surface area contributed by atoms with E-state index in [0.717, 1.165) is 16.4 Å². The zero-order chi connectivity index (χ0) is 14.7. The first-order valence-corrected chi connectivity index (χ1v) is 7.78. The summed E-state index contributed by atoms with van der Waals surface area (Å²) in [6.45, 7) is 0.514. The lowest BCUT2D eigenvalue weighted by atomic mass is 10.3. The van der Waals surface area contributed by atoms with Gasteiger partial charge in [-0.05, 0) is 25.0 Å². The minimum atomic E-state index is 0.381. The van der Waals surface area contributed by atoms with E-state index in [2.05, 4.69) is 20.7 Å². The van der Waals surface area contributed by atoms with Gasteiger partial charge in [0.15, 0.2) is 5.96 Å². The van der Waals surface area contributed by atoms with Crippen molar-refractivity contribution >= 4 is 23.0 Å². The van der Waals surface area contributed by atoms with Crippen LogP contribution in [0.15, 0.2) is 34.6 Å². The normalized spacial score (nSPS) is 15.0. The van der Waals surface area contributed by atoms with Gasteiger partial charge in [0.05, 0.1) is 19.3 Å². The lowest BCUT2D eigenvalue weighted by Gasteiger charge is -2.06. The highest BCUT2D eigenvalue weighted by atomic mass is 32.1. The van der Waals surface area contributed by atoms with Crippen LogP contribution in [0.3, 0.4) is 0 Å². The molecule has 1 aromatic heterocycles. The van der Waals surface area contributed by atoms with Crippen LogP contribution in [0, 0.1) is 0 Å². The average molecular weight is 302 g/mol. The van der Waals surface area contributed by atoms with Crippen LogP contribution in [-0.2, 0) is 6.54 Å². The summed E-state index contributed by atoms with van der Waals surface area (Å²) >= 11 is 1.65. The lowest BCUT2D eigenvalue weighted by Crippen LogP contribution is -2.22. The number of benzene rings is 1. The number of anilines is 1. The van der Waals surface area contributed by atoms with Crippen molar-refractivity contribution in [3.8, 4) is 5.75 Å². The first kappa shape index (κ1) is 13.9. The number of aliphatic imine (C=N–C) groups is 1. The van der Waals surface area contributed by atoms with Gasteiger partial charge in [0.1, 0.15) is 10.8 Å². The monoisotopic (exact) mass is 302 g/mol. The molecule has 2 aromatic rings. The molecule has 0 aliphatic heterocycles. The van der Waals surface area contributed by atoms with E-state index < -0.39 is 0 Å². The summed E-state index contributed by atoms with van der Waals surface area (Å²) in [7, 11) is 1.64. The Morgan fingerprint density at radius 2 is 2.38 bits per heavy atom. The van der Waals surface area contributed by atoms with E-state index in [1.807, 2.05) is 24.3 Å². The molecule has 21 heavy (non-hydrogen) atoms. The van der Waals surface area contributed by atoms with Crippen LogP contribution in [0.4, 0.5) is 5.69 Å². The molecule has 110 valence electrons. The Morgan fingerprint density at radius 3 is 3.14 bits per heavy atom. The standard InChI is InChI=1S/C15H18N4OS/c1-20-12-4-2-3-11(7-12)18-15(16)17-8-14-19-13(9-21-14)10-5-6-10/h2-4,7,9-10H,5-6,8H2,1H3,(H3,16,17,18). The van der Waals surface area contributed by atoms with E-state index in [4.69, 9.17) is 10.5 Å². The molecule has 0 atom stereocenters. The number of nitrogens with zero attached hydrogens (tertiary/aromatic N) is 2. The number of thiazole rings is 1. The Morgan fingerprint density at radius 1 is 1.52 bits per heavy atom. The van der Waals surface area contributed by atoms with Crippen molar-refractivity contribution in [1.82, 2.24) is 4.98 Å². The van der Waals surface area contributed by atoms with E-state index in [1.165, 1.54) is 18.5 Å². The van der Waals surface area contributed by atoms with Crippen LogP contribution in [0.25, 0.3) is 0 Å². The third kappa shape index (κ3) is 3.72. The summed E-state index contributed by atoms with van der Waals surface area (Å²) in [5.41, 5.74) is 7.97. The van der Waals surface area contributed by atoms with Crippen molar-refractivity contribution in [2.75, 3.05) is 12.4 Å². The maximum Gasteiger partial charge on any atom is 0.193 e. The second-order valence-electron chi connectivity index (χ2n) is 5.00. The number of methoxy groups -OCH3 is 1. The van der Waals surface area contributed by atoms with Gasteiger partial charge in [-0.3, -0.25) is 0 Å². The number of guanidine groups is 1. The summed E-state index contributed by atoms with van der Waals surface area (Å²) in [4.78, 5) is 8.92. The van der Waals surface area contributed by atoms with Gasteiger partial charge in [0, 0.05) is 23.1 Å². The largest absolute Gasteiger partial charge is 0.497 e. The van der Waals surface area contributed by atoms with Crippen LogP contribution in [0.5, 0.6) is 5.75 Å². The molecule has 1 saturated carbocycles. The molecule has 0 spiro atoms. The number of ether oxygens (including phenoxy) is 1. The van der Waals surface area contributed by atoms with E-state index >= 15 is 0 Å². The fourth-order valence-electron chi connectivity index (χ4n) is 2.01. The first-order valence-electron chi connectivity index (χ1n) is 6.90. The molecule has 0 saturated heterocycles. The Hall–Kier alpha value is -2.08. The van der Waals surface area contributed by atoms with Crippen molar-refractivity contribution in [3.05, 3.63) is 40.3 Å². The molecule has 3 N–H and O–H groups in total. The van der Waals surface area contributed by atoms with Gasteiger partial charge in [-0.1, -0.05) is 6.07 Å². The average Bonchev–Trinajstić information content (AvgIpc) is 3.24. The predicted octanol–water partition coefficient (Wildman–Crippen LogP) is 2.96. The zero-order valence-electron chi connectivity index (χ0n) is 11.9. The molecule has 0 bridgehead atoms. The highest BCUT2D eigenvalue weighted by molar-refractivity contribution is 7.09. The maximum absolute atomic E-state index is 5.90. The summed E-state index contributed by atoms with van der Waals surface area (Å²) < 4.78 is 5.17. The van der Waals surface area contributed by atoms with Crippen molar-refractivity contribution < 1.29 is 4.74 Å². The fourth-order valence-corrected chi connectivity index (χ4v) is 2.80. The lowest BCUT2D eigenvalue weighted by molar-refractivity contribution is 0.415. The molecular weight excluding hydrogens is 284 g/mol. The third-order valence-electron chi connectivity index (χ3n) is 3.29. The van der Waals surface area contributed by atoms with Gasteiger partial charge in [-0.2, -0.15) is 0 Å². The summed E-state index contributed by atoms with van der Waals surface area (Å²) in [6, 6.07) is 7.57. The number of hydrogen-bond donors (Lipinski definition) is 2. The number of rotatable bonds is 5. The number of hydrogen-bond acceptors (Lipinski definition) is 4. The number of aromatic nitrogens is 1. The second-order valence-corrected chi connectivity index (χ2v) is 5.94. The molecule has 1 fully saturated rings. The minimum Gasteiger partial charge on any atom is -0.497 e. The quantitative estimate of drug-likeness (QED) is 0.658. The molecule has 1 aromatic carbocycles. The highest BCUT2D eigenvalue weighted by Crippen LogP contribution is 2.40. The molecular formula is C15H18N4OS. The second kappa shape index (κ2) is 6.13. The van der Waals surface area contributed by atoms with Crippen LogP contribution < -0.4 is 15.8 Å². The Bertz CT molecular complexity index is 649. The van der Waals surface area contributed by atoms with E-state index in [9.17, 15) is 0 Å². The van der Waals surface area contributed by atoms with Crippen LogP contribution in [0.2, 0.25) is 0 Å². The first-order chi connectivity index (χ1) is 10.2. The zero-order valence-corrected chi connectivity index (χ0v) is 12.7. The summed E-state index contributed by atoms with van der Waals surface area (Å²) in [5.74, 6) is 1.85. The van der Waals surface area contributed by atoms with Crippen molar-refractivity contribution in [2.45, 2.75) is 25.3 Å².